The van der Waals surface area contributed by atoms with Crippen LogP contribution < -0.4 is 10.0 Å². The van der Waals surface area contributed by atoms with E-state index in [4.69, 9.17) is 0 Å². The number of carbonyl (C=O) groups excluding carboxylic acids is 1. The number of benzene rings is 1. The lowest BCUT2D eigenvalue weighted by molar-refractivity contribution is 0.0600. The van der Waals surface area contributed by atoms with Gasteiger partial charge in [-0.2, -0.15) is 0 Å². The van der Waals surface area contributed by atoms with Crippen molar-refractivity contribution in [1.29, 1.82) is 0 Å². The van der Waals surface area contributed by atoms with Gasteiger partial charge in [0.25, 0.3) is 0 Å². The summed E-state index contributed by atoms with van der Waals surface area (Å²) in [5, 5.41) is 3.29. The van der Waals surface area contributed by atoms with E-state index in [2.05, 4.69) is 14.8 Å². The standard InChI is InChI=1S/C16H24N2O4S/c1-11-6-7-13(16(19)22-3)9-15(11)23(20,21)18-12(2)14-5-4-8-17-10-14/h6-7,9,12,14,17-18H,4-5,8,10H2,1-3H3. The number of rotatable bonds is 5. The molecule has 2 atom stereocenters. The lowest BCUT2D eigenvalue weighted by Crippen LogP contribution is -2.44. The summed E-state index contributed by atoms with van der Waals surface area (Å²) < 4.78 is 32.8. The molecular weight excluding hydrogens is 316 g/mol. The number of hydrogen-bond donors (Lipinski definition) is 2. The molecule has 0 aromatic heterocycles. The number of nitrogens with one attached hydrogen (secondary N) is 2. The van der Waals surface area contributed by atoms with Crippen molar-refractivity contribution in [3.05, 3.63) is 29.3 Å². The molecule has 1 fully saturated rings. The highest BCUT2D eigenvalue weighted by Crippen LogP contribution is 2.21. The molecule has 1 aromatic carbocycles. The molecule has 23 heavy (non-hydrogen) atoms. The van der Waals surface area contributed by atoms with Crippen molar-refractivity contribution in [2.45, 2.75) is 37.6 Å². The highest BCUT2D eigenvalue weighted by Gasteiger charge is 2.26. The molecule has 0 spiro atoms. The first kappa shape index (κ1) is 17.9. The van der Waals surface area contributed by atoms with Crippen molar-refractivity contribution in [2.75, 3.05) is 20.2 Å². The van der Waals surface area contributed by atoms with E-state index in [9.17, 15) is 13.2 Å². The van der Waals surface area contributed by atoms with Crippen LogP contribution in [0.1, 0.15) is 35.7 Å². The van der Waals surface area contributed by atoms with E-state index in [0.29, 0.717) is 5.56 Å². The summed E-state index contributed by atoms with van der Waals surface area (Å²) in [4.78, 5) is 11.7. The summed E-state index contributed by atoms with van der Waals surface area (Å²) >= 11 is 0. The zero-order chi connectivity index (χ0) is 17.0. The molecule has 0 aliphatic carbocycles. The fourth-order valence-electron chi connectivity index (χ4n) is 2.84. The maximum Gasteiger partial charge on any atom is 0.337 e. The normalized spacial score (nSPS) is 20.0. The number of methoxy groups -OCH3 is 1. The maximum absolute atomic E-state index is 12.7. The number of ether oxygens (including phenoxy) is 1. The summed E-state index contributed by atoms with van der Waals surface area (Å²) in [6.07, 6.45) is 2.05. The minimum absolute atomic E-state index is 0.121. The number of carbonyl (C=O) groups is 1. The lowest BCUT2D eigenvalue weighted by Gasteiger charge is -2.29. The molecule has 0 saturated carbocycles. The molecule has 1 saturated heterocycles. The Labute approximate surface area is 137 Å². The van der Waals surface area contributed by atoms with Crippen molar-refractivity contribution >= 4 is 16.0 Å². The van der Waals surface area contributed by atoms with Gasteiger partial charge in [0.2, 0.25) is 10.0 Å². The Balaban J connectivity index is 2.22. The van der Waals surface area contributed by atoms with Gasteiger partial charge in [0.1, 0.15) is 0 Å². The van der Waals surface area contributed by atoms with Gasteiger partial charge in [-0.25, -0.2) is 17.9 Å². The quantitative estimate of drug-likeness (QED) is 0.793. The van der Waals surface area contributed by atoms with Crippen LogP contribution in [0.2, 0.25) is 0 Å². The SMILES string of the molecule is COC(=O)c1ccc(C)c(S(=O)(=O)NC(C)C2CCCNC2)c1. The molecule has 0 amide bonds. The smallest absolute Gasteiger partial charge is 0.337 e. The van der Waals surface area contributed by atoms with Crippen molar-refractivity contribution in [3.63, 3.8) is 0 Å². The van der Waals surface area contributed by atoms with E-state index >= 15 is 0 Å². The Morgan fingerprint density at radius 3 is 2.78 bits per heavy atom. The molecule has 2 rings (SSSR count). The van der Waals surface area contributed by atoms with Crippen LogP contribution in [0, 0.1) is 12.8 Å². The monoisotopic (exact) mass is 340 g/mol. The number of sulfonamides is 1. The molecular formula is C16H24N2O4S. The number of piperidine rings is 1. The van der Waals surface area contributed by atoms with Gasteiger partial charge >= 0.3 is 5.97 Å². The van der Waals surface area contributed by atoms with Crippen LogP contribution in [-0.4, -0.2) is 40.6 Å². The Morgan fingerprint density at radius 2 is 2.17 bits per heavy atom. The molecule has 2 unspecified atom stereocenters. The van der Waals surface area contributed by atoms with E-state index < -0.39 is 16.0 Å². The average Bonchev–Trinajstić information content (AvgIpc) is 2.54. The van der Waals surface area contributed by atoms with E-state index in [-0.39, 0.29) is 22.4 Å². The van der Waals surface area contributed by atoms with E-state index in [1.807, 2.05) is 6.92 Å². The van der Waals surface area contributed by atoms with Crippen molar-refractivity contribution in [3.8, 4) is 0 Å². The number of hydrogen-bond acceptors (Lipinski definition) is 5. The molecule has 128 valence electrons. The minimum atomic E-state index is -3.69. The van der Waals surface area contributed by atoms with Gasteiger partial charge in [-0.3, -0.25) is 0 Å². The van der Waals surface area contributed by atoms with Crippen LogP contribution in [0.5, 0.6) is 0 Å². The highest BCUT2D eigenvalue weighted by atomic mass is 32.2. The first-order valence-electron chi connectivity index (χ1n) is 7.77. The van der Waals surface area contributed by atoms with E-state index in [1.165, 1.54) is 13.2 Å². The minimum Gasteiger partial charge on any atom is -0.465 e. The van der Waals surface area contributed by atoms with Crippen LogP contribution in [0.15, 0.2) is 23.1 Å². The lowest BCUT2D eigenvalue weighted by atomic mass is 9.94. The fourth-order valence-corrected chi connectivity index (χ4v) is 4.43. The molecule has 1 aliphatic heterocycles. The van der Waals surface area contributed by atoms with E-state index in [1.54, 1.807) is 19.1 Å². The second kappa shape index (κ2) is 7.42. The summed E-state index contributed by atoms with van der Waals surface area (Å²) in [5.74, 6) is -0.284. The van der Waals surface area contributed by atoms with Gasteiger partial charge in [-0.05, 0) is 63.4 Å². The van der Waals surface area contributed by atoms with Crippen LogP contribution >= 0.6 is 0 Å². The van der Waals surface area contributed by atoms with Crippen LogP contribution in [-0.2, 0) is 14.8 Å². The van der Waals surface area contributed by atoms with Crippen LogP contribution in [0.3, 0.4) is 0 Å². The number of esters is 1. The van der Waals surface area contributed by atoms with Gasteiger partial charge in [-0.1, -0.05) is 6.07 Å². The Kier molecular flexibility index (Phi) is 5.78. The second-order valence-corrected chi connectivity index (χ2v) is 7.67. The van der Waals surface area contributed by atoms with E-state index in [0.717, 1.165) is 25.9 Å². The van der Waals surface area contributed by atoms with Gasteiger partial charge in [0, 0.05) is 6.04 Å². The molecule has 2 N–H and O–H groups in total. The predicted octanol–water partition coefficient (Wildman–Crippen LogP) is 1.45. The molecule has 1 aromatic rings. The molecule has 6 nitrogen and oxygen atoms in total. The third kappa shape index (κ3) is 4.31. The zero-order valence-electron chi connectivity index (χ0n) is 13.8. The van der Waals surface area contributed by atoms with Crippen molar-refractivity contribution < 1.29 is 17.9 Å². The molecule has 1 aliphatic rings. The molecule has 7 heteroatoms. The first-order valence-corrected chi connectivity index (χ1v) is 9.25. The summed E-state index contributed by atoms with van der Waals surface area (Å²) in [6, 6.07) is 4.38. The molecule has 1 heterocycles. The predicted molar refractivity (Wildman–Crippen MR) is 87.9 cm³/mol. The first-order chi connectivity index (χ1) is 10.8. The van der Waals surface area contributed by atoms with Crippen molar-refractivity contribution in [2.24, 2.45) is 5.92 Å². The number of aryl methyl sites for hydroxylation is 1. The largest absolute Gasteiger partial charge is 0.465 e. The van der Waals surface area contributed by atoms with Gasteiger partial charge in [-0.15, -0.1) is 0 Å². The third-order valence-electron chi connectivity index (χ3n) is 4.28. The van der Waals surface area contributed by atoms with Crippen LogP contribution in [0.4, 0.5) is 0 Å². The van der Waals surface area contributed by atoms with Crippen LogP contribution in [0.25, 0.3) is 0 Å². The topological polar surface area (TPSA) is 84.5 Å². The highest BCUT2D eigenvalue weighted by molar-refractivity contribution is 7.89. The summed E-state index contributed by atoms with van der Waals surface area (Å²) in [7, 11) is -2.42. The van der Waals surface area contributed by atoms with Gasteiger partial charge < -0.3 is 10.1 Å². The zero-order valence-corrected chi connectivity index (χ0v) is 14.6. The third-order valence-corrected chi connectivity index (χ3v) is 5.98. The average molecular weight is 340 g/mol. The maximum atomic E-state index is 12.7. The fraction of sp³-hybridized carbons (Fsp3) is 0.562. The Bertz CT molecular complexity index is 667. The summed E-state index contributed by atoms with van der Waals surface area (Å²) in [6.45, 7) is 5.39. The molecule has 0 radical (unpaired) electrons. The van der Waals surface area contributed by atoms with Gasteiger partial charge in [0.15, 0.2) is 0 Å². The Hall–Kier alpha value is -1.44. The second-order valence-electron chi connectivity index (χ2n) is 5.99. The Morgan fingerprint density at radius 1 is 1.43 bits per heavy atom. The summed E-state index contributed by atoms with van der Waals surface area (Å²) in [5.41, 5.74) is 0.824. The van der Waals surface area contributed by atoms with Gasteiger partial charge in [0.05, 0.1) is 17.6 Å². The van der Waals surface area contributed by atoms with Crippen molar-refractivity contribution in [1.82, 2.24) is 10.0 Å². The molecule has 0 bridgehead atoms.